The highest BCUT2D eigenvalue weighted by Crippen LogP contribution is 1.72. The molecule has 1 N–H and O–H groups in total. The summed E-state index contributed by atoms with van der Waals surface area (Å²) >= 11 is 0. The zero-order valence-electron chi connectivity index (χ0n) is 6.48. The van der Waals surface area contributed by atoms with Crippen LogP contribution in [0.15, 0.2) is 0 Å². The number of ether oxygens (including phenoxy) is 1. The van der Waals surface area contributed by atoms with Crippen molar-refractivity contribution in [3.05, 3.63) is 0 Å². The second kappa shape index (κ2) is 4.92. The van der Waals surface area contributed by atoms with Crippen molar-refractivity contribution in [2.45, 2.75) is 6.42 Å². The van der Waals surface area contributed by atoms with Crippen LogP contribution in [0.5, 0.6) is 0 Å². The van der Waals surface area contributed by atoms with Crippen LogP contribution in [0.3, 0.4) is 0 Å². The van der Waals surface area contributed by atoms with E-state index in [1.807, 2.05) is 0 Å². The van der Waals surface area contributed by atoms with Gasteiger partial charge in [-0.1, -0.05) is 0 Å². The third kappa shape index (κ3) is 3.92. The lowest BCUT2D eigenvalue weighted by Gasteiger charge is -1.89. The van der Waals surface area contributed by atoms with Gasteiger partial charge in [0.25, 0.3) is 0 Å². The van der Waals surface area contributed by atoms with Crippen LogP contribution in [0.25, 0.3) is 0 Å². The standard InChI is InChI=1S/C4H10O2/c1-6-4-2-3-5/h5H,2-4H2,1H3/i1D3. The fourth-order valence-electron chi connectivity index (χ4n) is 0.137. The summed E-state index contributed by atoms with van der Waals surface area (Å²) in [5, 5.41) is 8.20. The Bertz CT molecular complexity index is 70.7. The Morgan fingerprint density at radius 2 is 2.83 bits per heavy atom. The summed E-state index contributed by atoms with van der Waals surface area (Å²) in [5.74, 6) is 0. The van der Waals surface area contributed by atoms with Crippen molar-refractivity contribution in [2.24, 2.45) is 0 Å². The molecule has 0 rings (SSSR count). The number of rotatable bonds is 3. The minimum atomic E-state index is -2.31. The third-order valence-electron chi connectivity index (χ3n) is 0.405. The zero-order valence-corrected chi connectivity index (χ0v) is 3.48. The summed E-state index contributed by atoms with van der Waals surface area (Å²) in [6.07, 6.45) is 0.373. The van der Waals surface area contributed by atoms with Gasteiger partial charge in [-0.2, -0.15) is 0 Å². The summed E-state index contributed by atoms with van der Waals surface area (Å²) in [6.45, 7) is 0.0586. The van der Waals surface area contributed by atoms with Crippen LogP contribution in [-0.4, -0.2) is 25.4 Å². The molecule has 2 nitrogen and oxygen atoms in total. The van der Waals surface area contributed by atoms with Crippen LogP contribution in [0, 0.1) is 0 Å². The van der Waals surface area contributed by atoms with Crippen molar-refractivity contribution in [2.75, 3.05) is 20.3 Å². The first-order valence-electron chi connectivity index (χ1n) is 3.31. The first kappa shape index (κ1) is 2.28. The van der Waals surface area contributed by atoms with Crippen LogP contribution in [0.1, 0.15) is 10.5 Å². The first-order valence-corrected chi connectivity index (χ1v) is 1.81. The number of aliphatic hydroxyl groups excluding tert-OH is 1. The molecular weight excluding hydrogens is 80.0 g/mol. The Labute approximate surface area is 42.0 Å². The highest BCUT2D eigenvalue weighted by atomic mass is 16.5. The highest BCUT2D eigenvalue weighted by Gasteiger charge is 1.75. The number of hydrogen-bond donors (Lipinski definition) is 1. The zero-order chi connectivity index (χ0) is 7.33. The Balaban J connectivity index is 3.07. The predicted molar refractivity (Wildman–Crippen MR) is 23.6 cm³/mol. The largest absolute Gasteiger partial charge is 0.396 e. The van der Waals surface area contributed by atoms with Crippen molar-refractivity contribution in [3.63, 3.8) is 0 Å². The number of methoxy groups -OCH3 is 1. The molecule has 0 amide bonds. The fourth-order valence-corrected chi connectivity index (χ4v) is 0.137. The first-order chi connectivity index (χ1) is 4.06. The predicted octanol–water partition coefficient (Wildman–Crippen LogP) is 0.0152. The monoisotopic (exact) mass is 93.1 g/mol. The third-order valence-corrected chi connectivity index (χ3v) is 0.405. The molecule has 0 fully saturated rings. The normalized spacial score (nSPS) is 18.5. The summed E-state index contributed by atoms with van der Waals surface area (Å²) in [6, 6.07) is 0. The van der Waals surface area contributed by atoms with Crippen LogP contribution in [-0.2, 0) is 4.74 Å². The maximum absolute atomic E-state index is 8.20. The molecule has 0 aromatic heterocycles. The molecule has 6 heavy (non-hydrogen) atoms. The lowest BCUT2D eigenvalue weighted by atomic mass is 10.5. The molecule has 2 heteroatoms. The lowest BCUT2D eigenvalue weighted by Crippen LogP contribution is -1.90. The van der Waals surface area contributed by atoms with E-state index in [-0.39, 0.29) is 13.2 Å². The van der Waals surface area contributed by atoms with Gasteiger partial charge in [0.05, 0.1) is 4.11 Å². The van der Waals surface area contributed by atoms with E-state index in [0.717, 1.165) is 0 Å². The van der Waals surface area contributed by atoms with Gasteiger partial charge in [0, 0.05) is 20.3 Å². The van der Waals surface area contributed by atoms with Gasteiger partial charge in [-0.3, -0.25) is 0 Å². The molecule has 0 saturated carbocycles. The molecule has 0 atom stereocenters. The lowest BCUT2D eigenvalue weighted by molar-refractivity contribution is 0.166. The number of aliphatic hydroxyl groups is 1. The molecule has 38 valence electrons. The van der Waals surface area contributed by atoms with Crippen LogP contribution in [0.4, 0.5) is 0 Å². The quantitative estimate of drug-likeness (QED) is 0.498. The van der Waals surface area contributed by atoms with E-state index in [0.29, 0.717) is 6.42 Å². The summed E-state index contributed by atoms with van der Waals surface area (Å²) < 4.78 is 23.9. The van der Waals surface area contributed by atoms with Crippen molar-refractivity contribution >= 4 is 0 Å². The molecule has 0 aromatic rings. The average Bonchev–Trinajstić information content (AvgIpc) is 1.63. The van der Waals surface area contributed by atoms with Gasteiger partial charge >= 0.3 is 0 Å². The van der Waals surface area contributed by atoms with E-state index in [1.54, 1.807) is 0 Å². The SMILES string of the molecule is [2H]C([2H])([2H])OCCCO. The van der Waals surface area contributed by atoms with E-state index in [2.05, 4.69) is 4.74 Å². The van der Waals surface area contributed by atoms with Crippen molar-refractivity contribution in [1.29, 1.82) is 0 Å². The van der Waals surface area contributed by atoms with Crippen LogP contribution in [0.2, 0.25) is 0 Å². The number of hydrogen-bond acceptors (Lipinski definition) is 2. The Morgan fingerprint density at radius 1 is 2.00 bits per heavy atom. The molecule has 0 saturated heterocycles. The van der Waals surface area contributed by atoms with Gasteiger partial charge < -0.3 is 9.84 Å². The second-order valence-corrected chi connectivity index (χ2v) is 0.926. The van der Waals surface area contributed by atoms with E-state index in [9.17, 15) is 0 Å². The maximum Gasteiger partial charge on any atom is 0.0530 e. The van der Waals surface area contributed by atoms with Crippen molar-refractivity contribution < 1.29 is 14.0 Å². The van der Waals surface area contributed by atoms with Gasteiger partial charge in [-0.05, 0) is 6.42 Å². The molecule has 0 heterocycles. The molecule has 0 aliphatic rings. The minimum Gasteiger partial charge on any atom is -0.396 e. The molecule has 0 aromatic carbocycles. The highest BCUT2D eigenvalue weighted by molar-refractivity contribution is 4.25. The topological polar surface area (TPSA) is 29.5 Å². The van der Waals surface area contributed by atoms with E-state index >= 15 is 0 Å². The molecule has 0 aliphatic heterocycles. The van der Waals surface area contributed by atoms with E-state index in [1.165, 1.54) is 0 Å². The van der Waals surface area contributed by atoms with E-state index < -0.39 is 7.04 Å². The van der Waals surface area contributed by atoms with E-state index in [4.69, 9.17) is 9.22 Å². The molecule has 0 radical (unpaired) electrons. The maximum atomic E-state index is 8.20. The Hall–Kier alpha value is -0.0800. The van der Waals surface area contributed by atoms with Crippen molar-refractivity contribution in [1.82, 2.24) is 0 Å². The smallest absolute Gasteiger partial charge is 0.0530 e. The van der Waals surface area contributed by atoms with Gasteiger partial charge in [0.15, 0.2) is 0 Å². The summed E-state index contributed by atoms with van der Waals surface area (Å²) in [5.41, 5.74) is 0. The van der Waals surface area contributed by atoms with Gasteiger partial charge in [-0.25, -0.2) is 0 Å². The van der Waals surface area contributed by atoms with Gasteiger partial charge in [-0.15, -0.1) is 0 Å². The van der Waals surface area contributed by atoms with Crippen molar-refractivity contribution in [3.8, 4) is 0 Å². The molecule has 0 unspecified atom stereocenters. The molecule has 0 aliphatic carbocycles. The molecule has 0 spiro atoms. The van der Waals surface area contributed by atoms with Gasteiger partial charge in [0.1, 0.15) is 0 Å². The molecule has 0 bridgehead atoms. The Morgan fingerprint density at radius 3 is 3.33 bits per heavy atom. The summed E-state index contributed by atoms with van der Waals surface area (Å²) in [7, 11) is -2.31. The average molecular weight is 93.1 g/mol. The second-order valence-electron chi connectivity index (χ2n) is 0.926. The van der Waals surface area contributed by atoms with Crippen LogP contribution >= 0.6 is 0 Å². The molecular formula is C4H10O2. The minimum absolute atomic E-state index is 0.0317. The summed E-state index contributed by atoms with van der Waals surface area (Å²) in [4.78, 5) is 0. The fraction of sp³-hybridized carbons (Fsp3) is 1.00. The van der Waals surface area contributed by atoms with Gasteiger partial charge in [0.2, 0.25) is 0 Å². The van der Waals surface area contributed by atoms with Crippen LogP contribution < -0.4 is 0 Å². The Kier molecular flexibility index (Phi) is 1.87.